The van der Waals surface area contributed by atoms with Crippen molar-refractivity contribution >= 4 is 22.8 Å². The standard InChI is InChI=1S/C36H39F3N4/c1-34(2,3)26-10-16-29(17-11-26)43(30-18-12-27(13-19-30)35(4,5)6)28-14-8-24(9-15-28)25-20-21-42-32(22-25)31(41-7)23-33(40)36(37,38)39/h8-23H,40H2,1-7H3. The van der Waals surface area contributed by atoms with E-state index in [0.717, 1.165) is 34.3 Å². The van der Waals surface area contributed by atoms with Gasteiger partial charge in [-0.25, -0.2) is 0 Å². The largest absolute Gasteiger partial charge is 0.430 e. The third kappa shape index (κ3) is 7.53. The Balaban J connectivity index is 1.72. The van der Waals surface area contributed by atoms with Gasteiger partial charge in [0.15, 0.2) is 0 Å². The van der Waals surface area contributed by atoms with Gasteiger partial charge in [0.1, 0.15) is 5.70 Å². The van der Waals surface area contributed by atoms with Gasteiger partial charge in [-0.1, -0.05) is 77.9 Å². The van der Waals surface area contributed by atoms with Gasteiger partial charge in [-0.05, 0) is 87.7 Å². The first kappa shape index (κ1) is 31.5. The van der Waals surface area contributed by atoms with Crippen LogP contribution in [-0.4, -0.2) is 23.9 Å². The van der Waals surface area contributed by atoms with Crippen LogP contribution in [0, 0.1) is 0 Å². The highest BCUT2D eigenvalue weighted by Crippen LogP contribution is 2.38. The summed E-state index contributed by atoms with van der Waals surface area (Å²) in [5.74, 6) is 0. The van der Waals surface area contributed by atoms with E-state index >= 15 is 0 Å². The van der Waals surface area contributed by atoms with Crippen molar-refractivity contribution in [3.8, 4) is 11.1 Å². The second-order valence-corrected chi connectivity index (χ2v) is 12.6. The molecule has 2 N–H and O–H groups in total. The number of halogens is 3. The summed E-state index contributed by atoms with van der Waals surface area (Å²) in [6.45, 7) is 13.2. The summed E-state index contributed by atoms with van der Waals surface area (Å²) in [5.41, 5.74) is 11.7. The fourth-order valence-corrected chi connectivity index (χ4v) is 4.70. The Kier molecular flexibility index (Phi) is 8.86. The Morgan fingerprint density at radius 2 is 1.14 bits per heavy atom. The predicted molar refractivity (Wildman–Crippen MR) is 173 cm³/mol. The number of rotatable bonds is 6. The second-order valence-electron chi connectivity index (χ2n) is 12.6. The van der Waals surface area contributed by atoms with Gasteiger partial charge in [0.05, 0.1) is 11.4 Å². The van der Waals surface area contributed by atoms with Crippen LogP contribution in [-0.2, 0) is 10.8 Å². The molecule has 0 unspecified atom stereocenters. The van der Waals surface area contributed by atoms with Crippen molar-refractivity contribution < 1.29 is 13.2 Å². The molecule has 4 aromatic rings. The zero-order valence-electron chi connectivity index (χ0n) is 25.8. The second kappa shape index (κ2) is 12.1. The first-order valence-corrected chi connectivity index (χ1v) is 14.2. The SMILES string of the molecule is CN=C(C=C(N)C(F)(F)F)c1cc(-c2ccc(N(c3ccc(C(C)(C)C)cc3)c3ccc(C(C)(C)C)cc3)cc2)ccn1. The number of hydrogen-bond acceptors (Lipinski definition) is 4. The fraction of sp³-hybridized carbons (Fsp3) is 0.278. The minimum absolute atomic E-state index is 0.0410. The van der Waals surface area contributed by atoms with E-state index in [2.05, 4.69) is 105 Å². The van der Waals surface area contributed by atoms with Crippen LogP contribution in [0.25, 0.3) is 11.1 Å². The molecule has 0 saturated heterocycles. The third-order valence-corrected chi connectivity index (χ3v) is 7.32. The molecule has 0 aliphatic carbocycles. The van der Waals surface area contributed by atoms with Gasteiger partial charge in [0.2, 0.25) is 0 Å². The summed E-state index contributed by atoms with van der Waals surface area (Å²) in [5, 5.41) is 0. The molecule has 0 atom stereocenters. The predicted octanol–water partition coefficient (Wildman–Crippen LogP) is 9.64. The number of alkyl halides is 3. The number of aromatic nitrogens is 1. The lowest BCUT2D eigenvalue weighted by Crippen LogP contribution is -2.21. The lowest BCUT2D eigenvalue weighted by Gasteiger charge is -2.28. The quantitative estimate of drug-likeness (QED) is 0.230. The molecule has 0 saturated carbocycles. The maximum Gasteiger partial charge on any atom is 0.430 e. The maximum absolute atomic E-state index is 13.0. The highest BCUT2D eigenvalue weighted by Gasteiger charge is 2.32. The summed E-state index contributed by atoms with van der Waals surface area (Å²) in [7, 11) is 1.41. The van der Waals surface area contributed by atoms with E-state index in [-0.39, 0.29) is 16.5 Å². The first-order chi connectivity index (χ1) is 20.1. The van der Waals surface area contributed by atoms with Crippen LogP contribution >= 0.6 is 0 Å². The van der Waals surface area contributed by atoms with E-state index in [1.165, 1.54) is 18.2 Å². The normalized spacial score (nSPS) is 13.3. The molecule has 1 aromatic heterocycles. The molecule has 0 bridgehead atoms. The van der Waals surface area contributed by atoms with Crippen molar-refractivity contribution in [1.82, 2.24) is 4.98 Å². The van der Waals surface area contributed by atoms with Gasteiger partial charge in [0, 0.05) is 30.3 Å². The number of aliphatic imine (C=N–C) groups is 1. The maximum atomic E-state index is 13.0. The first-order valence-electron chi connectivity index (χ1n) is 14.2. The number of pyridine rings is 1. The summed E-state index contributed by atoms with van der Waals surface area (Å²) in [6.07, 6.45) is -2.28. The molecule has 4 nitrogen and oxygen atoms in total. The summed E-state index contributed by atoms with van der Waals surface area (Å²) in [4.78, 5) is 10.4. The van der Waals surface area contributed by atoms with E-state index < -0.39 is 11.9 Å². The van der Waals surface area contributed by atoms with Gasteiger partial charge >= 0.3 is 6.18 Å². The van der Waals surface area contributed by atoms with Crippen molar-refractivity contribution in [3.05, 3.63) is 120 Å². The van der Waals surface area contributed by atoms with Crippen LogP contribution in [0.3, 0.4) is 0 Å². The minimum Gasteiger partial charge on any atom is -0.395 e. The molecule has 0 fully saturated rings. The van der Waals surface area contributed by atoms with E-state index in [9.17, 15) is 13.2 Å². The van der Waals surface area contributed by atoms with Gasteiger partial charge < -0.3 is 10.6 Å². The summed E-state index contributed by atoms with van der Waals surface area (Å²) < 4.78 is 39.1. The Labute approximate surface area is 252 Å². The van der Waals surface area contributed by atoms with Crippen LogP contribution in [0.1, 0.15) is 58.4 Å². The number of hydrogen-bond donors (Lipinski definition) is 1. The Bertz CT molecular complexity index is 1540. The average Bonchev–Trinajstić information content (AvgIpc) is 2.95. The monoisotopic (exact) mass is 584 g/mol. The molecule has 3 aromatic carbocycles. The highest BCUT2D eigenvalue weighted by molar-refractivity contribution is 6.08. The summed E-state index contributed by atoms with van der Waals surface area (Å²) >= 11 is 0. The van der Waals surface area contributed by atoms with Crippen LogP contribution < -0.4 is 10.6 Å². The molecule has 0 amide bonds. The van der Waals surface area contributed by atoms with Gasteiger partial charge in [-0.2, -0.15) is 13.2 Å². The van der Waals surface area contributed by atoms with E-state index in [4.69, 9.17) is 5.73 Å². The summed E-state index contributed by atoms with van der Waals surface area (Å²) in [6, 6.07) is 28.9. The topological polar surface area (TPSA) is 54.5 Å². The average molecular weight is 585 g/mol. The van der Waals surface area contributed by atoms with Crippen LogP contribution in [0.15, 0.2) is 108 Å². The zero-order chi connectivity index (χ0) is 31.6. The molecule has 43 heavy (non-hydrogen) atoms. The molecule has 0 spiro atoms. The third-order valence-electron chi connectivity index (χ3n) is 7.32. The number of allylic oxidation sites excluding steroid dienone is 2. The number of nitrogens with two attached hydrogens (primary N) is 1. The van der Waals surface area contributed by atoms with E-state index in [0.29, 0.717) is 5.69 Å². The lowest BCUT2D eigenvalue weighted by molar-refractivity contribution is -0.0925. The van der Waals surface area contributed by atoms with Crippen molar-refractivity contribution in [1.29, 1.82) is 0 Å². The Morgan fingerprint density at radius 1 is 0.698 bits per heavy atom. The van der Waals surface area contributed by atoms with Gasteiger partial charge in [-0.3, -0.25) is 9.98 Å². The fourth-order valence-electron chi connectivity index (χ4n) is 4.70. The Morgan fingerprint density at radius 3 is 1.53 bits per heavy atom. The minimum atomic E-state index is -4.64. The van der Waals surface area contributed by atoms with Crippen LogP contribution in [0.2, 0.25) is 0 Å². The van der Waals surface area contributed by atoms with Crippen molar-refractivity contribution in [2.24, 2.45) is 10.7 Å². The van der Waals surface area contributed by atoms with Crippen LogP contribution in [0.4, 0.5) is 30.2 Å². The van der Waals surface area contributed by atoms with Crippen molar-refractivity contribution in [2.75, 3.05) is 11.9 Å². The van der Waals surface area contributed by atoms with Gasteiger partial charge in [-0.15, -0.1) is 0 Å². The van der Waals surface area contributed by atoms with Crippen molar-refractivity contribution in [2.45, 2.75) is 58.5 Å². The number of benzene rings is 3. The zero-order valence-corrected chi connectivity index (χ0v) is 25.8. The van der Waals surface area contributed by atoms with Crippen molar-refractivity contribution in [3.63, 3.8) is 0 Å². The molecule has 0 aliphatic rings. The van der Waals surface area contributed by atoms with Gasteiger partial charge in [0.25, 0.3) is 0 Å². The molecular weight excluding hydrogens is 545 g/mol. The van der Waals surface area contributed by atoms with E-state index in [1.54, 1.807) is 12.3 Å². The molecule has 224 valence electrons. The number of anilines is 3. The molecule has 1 heterocycles. The Hall–Kier alpha value is -4.39. The molecule has 0 aliphatic heterocycles. The lowest BCUT2D eigenvalue weighted by atomic mass is 9.86. The highest BCUT2D eigenvalue weighted by atomic mass is 19.4. The van der Waals surface area contributed by atoms with E-state index in [1.807, 2.05) is 30.3 Å². The van der Waals surface area contributed by atoms with Crippen LogP contribution in [0.5, 0.6) is 0 Å². The molecule has 0 radical (unpaired) electrons. The molecule has 7 heteroatoms. The molecular formula is C36H39F3N4. The number of nitrogens with zero attached hydrogens (tertiary/aromatic N) is 3. The smallest absolute Gasteiger partial charge is 0.395 e. The molecule has 4 rings (SSSR count).